The molecule has 3 N–H and O–H groups in total. The molecule has 0 heterocycles. The second-order valence-corrected chi connectivity index (χ2v) is 3.94. The summed E-state index contributed by atoms with van der Waals surface area (Å²) >= 11 is 0. The van der Waals surface area contributed by atoms with E-state index in [-0.39, 0.29) is 18.6 Å². The molecule has 2 unspecified atom stereocenters. The third-order valence-corrected chi connectivity index (χ3v) is 2.56. The molecular weight excluding hydrogens is 193 g/mol. The summed E-state index contributed by atoms with van der Waals surface area (Å²) in [4.78, 5) is 0. The van der Waals surface area contributed by atoms with Crippen LogP contribution in [0.4, 0.5) is 13.2 Å². The molecule has 14 heavy (non-hydrogen) atoms. The number of hydrogen-bond donors (Lipinski definition) is 2. The molecule has 2 nitrogen and oxygen atoms in total. The lowest BCUT2D eigenvalue weighted by atomic mass is 9.91. The minimum atomic E-state index is -4.05. The van der Waals surface area contributed by atoms with Crippen LogP contribution < -0.4 is 11.1 Å². The lowest BCUT2D eigenvalue weighted by Crippen LogP contribution is -2.40. The van der Waals surface area contributed by atoms with Crippen LogP contribution in [0.3, 0.4) is 0 Å². The van der Waals surface area contributed by atoms with E-state index in [2.05, 4.69) is 5.32 Å². The van der Waals surface area contributed by atoms with E-state index in [0.717, 1.165) is 25.7 Å². The van der Waals surface area contributed by atoms with E-state index in [1.54, 1.807) is 0 Å². The molecule has 1 aliphatic carbocycles. The SMILES string of the molecule is NC1CCCC(NCCC(F)(F)F)C1. The first-order chi connectivity index (χ1) is 6.47. The Balaban J connectivity index is 2.12. The number of halogens is 3. The van der Waals surface area contributed by atoms with Crippen LogP contribution in [0.25, 0.3) is 0 Å². The fourth-order valence-corrected chi connectivity index (χ4v) is 1.83. The molecule has 0 aromatic rings. The second kappa shape index (κ2) is 4.98. The van der Waals surface area contributed by atoms with E-state index in [1.807, 2.05) is 0 Å². The summed E-state index contributed by atoms with van der Waals surface area (Å²) in [6.07, 6.45) is -1.03. The van der Waals surface area contributed by atoms with Gasteiger partial charge in [-0.15, -0.1) is 0 Å². The number of alkyl halides is 3. The van der Waals surface area contributed by atoms with Crippen molar-refractivity contribution in [2.45, 2.75) is 50.4 Å². The third kappa shape index (κ3) is 4.81. The van der Waals surface area contributed by atoms with E-state index >= 15 is 0 Å². The van der Waals surface area contributed by atoms with E-state index in [0.29, 0.717) is 0 Å². The second-order valence-electron chi connectivity index (χ2n) is 3.94. The Morgan fingerprint density at radius 2 is 2.00 bits per heavy atom. The van der Waals surface area contributed by atoms with Gasteiger partial charge in [0.05, 0.1) is 6.42 Å². The molecule has 1 rings (SSSR count). The van der Waals surface area contributed by atoms with Crippen molar-refractivity contribution in [3.05, 3.63) is 0 Å². The predicted octanol–water partition coefficient (Wildman–Crippen LogP) is 1.80. The molecule has 0 aromatic carbocycles. The Kier molecular flexibility index (Phi) is 4.19. The first-order valence-electron chi connectivity index (χ1n) is 5.03. The Hall–Kier alpha value is -0.290. The molecule has 1 saturated carbocycles. The van der Waals surface area contributed by atoms with Crippen molar-refractivity contribution in [1.82, 2.24) is 5.32 Å². The van der Waals surface area contributed by atoms with Gasteiger partial charge in [-0.05, 0) is 19.3 Å². The van der Waals surface area contributed by atoms with Crippen LogP contribution in [-0.2, 0) is 0 Å². The van der Waals surface area contributed by atoms with Gasteiger partial charge >= 0.3 is 6.18 Å². The van der Waals surface area contributed by atoms with Gasteiger partial charge in [-0.25, -0.2) is 0 Å². The van der Waals surface area contributed by atoms with Gasteiger partial charge in [0, 0.05) is 18.6 Å². The molecule has 0 saturated heterocycles. The number of hydrogen-bond acceptors (Lipinski definition) is 2. The highest BCUT2D eigenvalue weighted by Crippen LogP contribution is 2.20. The van der Waals surface area contributed by atoms with Crippen molar-refractivity contribution in [2.24, 2.45) is 5.73 Å². The molecule has 2 atom stereocenters. The minimum Gasteiger partial charge on any atom is -0.328 e. The Morgan fingerprint density at radius 3 is 2.57 bits per heavy atom. The van der Waals surface area contributed by atoms with Gasteiger partial charge in [-0.2, -0.15) is 13.2 Å². The highest BCUT2D eigenvalue weighted by molar-refractivity contribution is 4.79. The molecule has 0 amide bonds. The van der Waals surface area contributed by atoms with E-state index in [9.17, 15) is 13.2 Å². The van der Waals surface area contributed by atoms with Crippen molar-refractivity contribution in [3.63, 3.8) is 0 Å². The fraction of sp³-hybridized carbons (Fsp3) is 1.00. The number of rotatable bonds is 3. The Morgan fingerprint density at radius 1 is 1.29 bits per heavy atom. The average molecular weight is 210 g/mol. The van der Waals surface area contributed by atoms with E-state index in [1.165, 1.54) is 0 Å². The number of nitrogens with one attached hydrogen (secondary N) is 1. The predicted molar refractivity (Wildman–Crippen MR) is 48.9 cm³/mol. The van der Waals surface area contributed by atoms with Crippen molar-refractivity contribution >= 4 is 0 Å². The maximum absolute atomic E-state index is 11.8. The van der Waals surface area contributed by atoms with Crippen LogP contribution >= 0.6 is 0 Å². The molecule has 84 valence electrons. The van der Waals surface area contributed by atoms with Crippen molar-refractivity contribution in [1.29, 1.82) is 0 Å². The van der Waals surface area contributed by atoms with Gasteiger partial charge in [0.25, 0.3) is 0 Å². The Bertz CT molecular complexity index is 170. The summed E-state index contributed by atoms with van der Waals surface area (Å²) in [6.45, 7) is 0.0148. The highest BCUT2D eigenvalue weighted by atomic mass is 19.4. The zero-order valence-electron chi connectivity index (χ0n) is 8.11. The largest absolute Gasteiger partial charge is 0.390 e. The fourth-order valence-electron chi connectivity index (χ4n) is 1.83. The van der Waals surface area contributed by atoms with E-state index < -0.39 is 12.6 Å². The average Bonchev–Trinajstić information content (AvgIpc) is 2.01. The number of nitrogens with two attached hydrogens (primary N) is 1. The lowest BCUT2D eigenvalue weighted by molar-refractivity contribution is -0.133. The maximum Gasteiger partial charge on any atom is 0.390 e. The molecule has 5 heteroatoms. The molecule has 1 aliphatic rings. The third-order valence-electron chi connectivity index (χ3n) is 2.56. The minimum absolute atomic E-state index is 0.0148. The lowest BCUT2D eigenvalue weighted by Gasteiger charge is -2.27. The molecule has 1 fully saturated rings. The zero-order valence-corrected chi connectivity index (χ0v) is 8.11. The molecule has 0 aliphatic heterocycles. The molecule has 0 radical (unpaired) electrons. The first kappa shape index (κ1) is 11.8. The maximum atomic E-state index is 11.8. The van der Waals surface area contributed by atoms with Gasteiger partial charge in [0.1, 0.15) is 0 Å². The summed E-state index contributed by atoms with van der Waals surface area (Å²) < 4.78 is 35.5. The van der Waals surface area contributed by atoms with Gasteiger partial charge < -0.3 is 11.1 Å². The Labute approximate surface area is 82.0 Å². The van der Waals surface area contributed by atoms with Crippen LogP contribution in [0.2, 0.25) is 0 Å². The van der Waals surface area contributed by atoms with Crippen LogP contribution in [-0.4, -0.2) is 24.8 Å². The monoisotopic (exact) mass is 210 g/mol. The van der Waals surface area contributed by atoms with Crippen LogP contribution in [0.15, 0.2) is 0 Å². The summed E-state index contributed by atoms with van der Waals surface area (Å²) in [6, 6.07) is 0.341. The van der Waals surface area contributed by atoms with Gasteiger partial charge in [0.15, 0.2) is 0 Å². The molecule has 0 aromatic heterocycles. The molecule has 0 spiro atoms. The smallest absolute Gasteiger partial charge is 0.328 e. The summed E-state index contributed by atoms with van der Waals surface area (Å²) in [5.41, 5.74) is 5.72. The van der Waals surface area contributed by atoms with Crippen molar-refractivity contribution < 1.29 is 13.2 Å². The van der Waals surface area contributed by atoms with Gasteiger partial charge in [-0.3, -0.25) is 0 Å². The summed E-state index contributed by atoms with van der Waals surface area (Å²) in [5, 5.41) is 2.91. The summed E-state index contributed by atoms with van der Waals surface area (Å²) in [7, 11) is 0. The van der Waals surface area contributed by atoms with E-state index in [4.69, 9.17) is 5.73 Å². The van der Waals surface area contributed by atoms with Gasteiger partial charge in [-0.1, -0.05) is 6.42 Å². The quantitative estimate of drug-likeness (QED) is 0.745. The topological polar surface area (TPSA) is 38.0 Å². The van der Waals surface area contributed by atoms with Crippen molar-refractivity contribution in [2.75, 3.05) is 6.54 Å². The highest BCUT2D eigenvalue weighted by Gasteiger charge is 2.27. The normalized spacial score (nSPS) is 29.1. The zero-order chi connectivity index (χ0) is 10.6. The molecule has 0 bridgehead atoms. The van der Waals surface area contributed by atoms with Crippen LogP contribution in [0, 0.1) is 0 Å². The molecular formula is C9H17F3N2. The summed E-state index contributed by atoms with van der Waals surface area (Å²) in [5.74, 6) is 0. The van der Waals surface area contributed by atoms with Crippen LogP contribution in [0.5, 0.6) is 0 Å². The van der Waals surface area contributed by atoms with Gasteiger partial charge in [0.2, 0.25) is 0 Å². The van der Waals surface area contributed by atoms with Crippen molar-refractivity contribution in [3.8, 4) is 0 Å². The van der Waals surface area contributed by atoms with Crippen LogP contribution in [0.1, 0.15) is 32.1 Å². The first-order valence-corrected chi connectivity index (χ1v) is 5.03. The standard InChI is InChI=1S/C9H17F3N2/c10-9(11,12)4-5-14-8-3-1-2-7(13)6-8/h7-8,14H,1-6,13H2.